The van der Waals surface area contributed by atoms with Gasteiger partial charge < -0.3 is 14.5 Å². The zero-order valence-electron chi connectivity index (χ0n) is 24.2. The SMILES string of the molecule is Cc1ccccc1-c1nc(N2CCN(S(C)(=O)=O)CC2)nc2c1C(=O)N(Cc1cc(C(F)(F)F)cc(C(F)(F)F)c1)CCCO2. The van der Waals surface area contributed by atoms with Gasteiger partial charge in [-0.1, -0.05) is 24.3 Å². The van der Waals surface area contributed by atoms with Crippen LogP contribution in [-0.4, -0.2) is 79.1 Å². The Hall–Kier alpha value is -3.92. The molecule has 0 N–H and O–H groups in total. The number of hydrogen-bond donors (Lipinski definition) is 0. The number of aromatic nitrogens is 2. The molecule has 45 heavy (non-hydrogen) atoms. The van der Waals surface area contributed by atoms with Crippen molar-refractivity contribution in [2.45, 2.75) is 32.2 Å². The zero-order valence-corrected chi connectivity index (χ0v) is 25.1. The summed E-state index contributed by atoms with van der Waals surface area (Å²) in [6.45, 7) is 2.19. The standard InChI is InChI=1S/C29H29F6N5O4S/c1-18-6-3-4-7-22(18)24-23-25(37-27(36-24)38-9-11-40(12-10-38)45(2,42)43)44-13-5-8-39(26(23)41)17-19-14-20(28(30,31)32)16-21(15-19)29(33,34)35/h3-4,6-7,14-16H,5,8-13,17H2,1-2H3. The molecular weight excluding hydrogens is 628 g/mol. The maximum atomic E-state index is 14.1. The van der Waals surface area contributed by atoms with E-state index in [0.717, 1.165) is 11.8 Å². The largest absolute Gasteiger partial charge is 0.477 e. The maximum absolute atomic E-state index is 14.1. The molecule has 2 aromatic carbocycles. The molecule has 16 heteroatoms. The van der Waals surface area contributed by atoms with Crippen LogP contribution in [0, 0.1) is 6.92 Å². The van der Waals surface area contributed by atoms with E-state index < -0.39 is 46.0 Å². The van der Waals surface area contributed by atoms with Crippen LogP contribution in [0.25, 0.3) is 11.3 Å². The van der Waals surface area contributed by atoms with E-state index in [1.165, 1.54) is 9.21 Å². The summed E-state index contributed by atoms with van der Waals surface area (Å²) < 4.78 is 112. The molecule has 0 saturated carbocycles. The second-order valence-electron chi connectivity index (χ2n) is 10.9. The van der Waals surface area contributed by atoms with Crippen molar-refractivity contribution in [3.63, 3.8) is 0 Å². The summed E-state index contributed by atoms with van der Waals surface area (Å²) in [6, 6.07) is 8.29. The zero-order chi connectivity index (χ0) is 32.7. The molecule has 1 amide bonds. The van der Waals surface area contributed by atoms with Gasteiger partial charge in [-0.15, -0.1) is 0 Å². The summed E-state index contributed by atoms with van der Waals surface area (Å²) in [5.41, 5.74) is -1.91. The maximum Gasteiger partial charge on any atom is 0.416 e. The van der Waals surface area contributed by atoms with E-state index in [4.69, 9.17) is 9.72 Å². The van der Waals surface area contributed by atoms with Crippen molar-refractivity contribution >= 4 is 21.9 Å². The number of aryl methyl sites for hydroxylation is 1. The highest BCUT2D eigenvalue weighted by Crippen LogP contribution is 2.38. The van der Waals surface area contributed by atoms with Gasteiger partial charge in [0.2, 0.25) is 21.9 Å². The first-order valence-electron chi connectivity index (χ1n) is 13.9. The smallest absolute Gasteiger partial charge is 0.416 e. The molecule has 3 heterocycles. The van der Waals surface area contributed by atoms with Crippen LogP contribution in [0.15, 0.2) is 42.5 Å². The van der Waals surface area contributed by atoms with E-state index in [2.05, 4.69) is 4.98 Å². The van der Waals surface area contributed by atoms with Gasteiger partial charge in [0.15, 0.2) is 0 Å². The van der Waals surface area contributed by atoms with Crippen molar-refractivity contribution in [1.82, 2.24) is 19.2 Å². The molecule has 0 unspecified atom stereocenters. The first kappa shape index (κ1) is 32.5. The second kappa shape index (κ2) is 12.1. The number of fused-ring (bicyclic) bond motifs is 1. The number of halogens is 6. The van der Waals surface area contributed by atoms with Gasteiger partial charge in [-0.2, -0.15) is 35.6 Å². The van der Waals surface area contributed by atoms with Crippen molar-refractivity contribution in [1.29, 1.82) is 0 Å². The molecule has 3 aromatic rings. The highest BCUT2D eigenvalue weighted by atomic mass is 32.2. The van der Waals surface area contributed by atoms with E-state index in [0.29, 0.717) is 17.7 Å². The molecule has 0 bridgehead atoms. The van der Waals surface area contributed by atoms with E-state index in [-0.39, 0.29) is 80.5 Å². The normalized spacial score (nSPS) is 17.0. The fourth-order valence-corrected chi connectivity index (χ4v) is 6.11. The molecule has 0 radical (unpaired) electrons. The second-order valence-corrected chi connectivity index (χ2v) is 12.8. The Morgan fingerprint density at radius 2 is 1.51 bits per heavy atom. The number of benzene rings is 2. The molecule has 5 rings (SSSR count). The summed E-state index contributed by atoms with van der Waals surface area (Å²) in [4.78, 5) is 26.3. The molecule has 1 saturated heterocycles. The average molecular weight is 658 g/mol. The Bertz CT molecular complexity index is 1670. The number of carbonyl (C=O) groups is 1. The minimum Gasteiger partial charge on any atom is -0.477 e. The number of sulfonamides is 1. The Kier molecular flexibility index (Phi) is 8.74. The third-order valence-corrected chi connectivity index (χ3v) is 8.89. The minimum atomic E-state index is -5.04. The summed E-state index contributed by atoms with van der Waals surface area (Å²) in [7, 11) is -3.41. The van der Waals surface area contributed by atoms with Crippen molar-refractivity contribution in [2.75, 3.05) is 50.5 Å². The highest BCUT2D eigenvalue weighted by Gasteiger charge is 2.38. The van der Waals surface area contributed by atoms with Crippen LogP contribution in [0.1, 0.15) is 39.0 Å². The molecular formula is C29H29F6N5O4S. The quantitative estimate of drug-likeness (QED) is 0.357. The lowest BCUT2D eigenvalue weighted by molar-refractivity contribution is -0.143. The van der Waals surface area contributed by atoms with Crippen LogP contribution in [-0.2, 0) is 28.9 Å². The lowest BCUT2D eigenvalue weighted by Gasteiger charge is -2.34. The Morgan fingerprint density at radius 3 is 2.09 bits per heavy atom. The average Bonchev–Trinajstić information content (AvgIpc) is 2.96. The van der Waals surface area contributed by atoms with Gasteiger partial charge in [-0.05, 0) is 42.7 Å². The third kappa shape index (κ3) is 7.16. The molecule has 0 aliphatic carbocycles. The summed E-state index contributed by atoms with van der Waals surface area (Å²) >= 11 is 0. The first-order chi connectivity index (χ1) is 21.0. The van der Waals surface area contributed by atoms with Crippen molar-refractivity contribution in [3.05, 3.63) is 70.3 Å². The van der Waals surface area contributed by atoms with E-state index in [1.807, 2.05) is 0 Å². The van der Waals surface area contributed by atoms with Gasteiger partial charge in [-0.25, -0.2) is 13.4 Å². The Morgan fingerprint density at radius 1 is 0.889 bits per heavy atom. The minimum absolute atomic E-state index is 0.0156. The van der Waals surface area contributed by atoms with Crippen LogP contribution in [0.2, 0.25) is 0 Å². The van der Waals surface area contributed by atoms with Crippen LogP contribution in [0.3, 0.4) is 0 Å². The Balaban J connectivity index is 1.58. The number of nitrogens with zero attached hydrogens (tertiary/aromatic N) is 5. The van der Waals surface area contributed by atoms with Crippen LogP contribution in [0.4, 0.5) is 32.3 Å². The van der Waals surface area contributed by atoms with E-state index in [1.54, 1.807) is 36.1 Å². The van der Waals surface area contributed by atoms with Crippen molar-refractivity contribution in [2.24, 2.45) is 0 Å². The number of ether oxygens (including phenoxy) is 1. The van der Waals surface area contributed by atoms with Crippen molar-refractivity contribution < 1.29 is 44.3 Å². The lowest BCUT2D eigenvalue weighted by Crippen LogP contribution is -2.49. The van der Waals surface area contributed by atoms with E-state index >= 15 is 0 Å². The molecule has 0 atom stereocenters. The number of amides is 1. The van der Waals surface area contributed by atoms with Crippen LogP contribution < -0.4 is 9.64 Å². The van der Waals surface area contributed by atoms with Crippen LogP contribution in [0.5, 0.6) is 5.88 Å². The molecule has 9 nitrogen and oxygen atoms in total. The van der Waals surface area contributed by atoms with Crippen molar-refractivity contribution in [3.8, 4) is 17.1 Å². The summed E-state index contributed by atoms with van der Waals surface area (Å²) in [6.07, 6.45) is -8.73. The van der Waals surface area contributed by atoms with Gasteiger partial charge in [0.25, 0.3) is 5.91 Å². The predicted molar refractivity (Wildman–Crippen MR) is 152 cm³/mol. The molecule has 1 fully saturated rings. The number of carbonyl (C=O) groups excluding carboxylic acids is 1. The number of anilines is 1. The topological polar surface area (TPSA) is 95.9 Å². The molecule has 2 aliphatic rings. The summed E-state index contributed by atoms with van der Waals surface area (Å²) in [5, 5.41) is 0. The van der Waals surface area contributed by atoms with Gasteiger partial charge in [0, 0.05) is 44.8 Å². The first-order valence-corrected chi connectivity index (χ1v) is 15.8. The molecule has 1 aromatic heterocycles. The third-order valence-electron chi connectivity index (χ3n) is 7.59. The molecule has 242 valence electrons. The predicted octanol–water partition coefficient (Wildman–Crippen LogP) is 5.00. The van der Waals surface area contributed by atoms with Gasteiger partial charge in [-0.3, -0.25) is 4.79 Å². The van der Waals surface area contributed by atoms with Gasteiger partial charge >= 0.3 is 12.4 Å². The number of piperazine rings is 1. The molecule has 0 spiro atoms. The van der Waals surface area contributed by atoms with E-state index in [9.17, 15) is 39.6 Å². The number of alkyl halides is 6. The number of rotatable bonds is 5. The van der Waals surface area contributed by atoms with Crippen LogP contribution >= 0.6 is 0 Å². The summed E-state index contributed by atoms with van der Waals surface area (Å²) in [5.74, 6) is -0.617. The fraction of sp³-hybridized carbons (Fsp3) is 0.414. The fourth-order valence-electron chi connectivity index (χ4n) is 5.29. The Labute approximate surface area is 255 Å². The molecule has 2 aliphatic heterocycles. The highest BCUT2D eigenvalue weighted by molar-refractivity contribution is 7.88. The number of hydrogen-bond acceptors (Lipinski definition) is 7. The monoisotopic (exact) mass is 657 g/mol. The van der Waals surface area contributed by atoms with Gasteiger partial charge in [0.1, 0.15) is 5.56 Å². The van der Waals surface area contributed by atoms with Gasteiger partial charge in [0.05, 0.1) is 29.7 Å². The lowest BCUT2D eigenvalue weighted by atomic mass is 10.00.